The Hall–Kier alpha value is -2.24. The summed E-state index contributed by atoms with van der Waals surface area (Å²) in [6, 6.07) is 3.43. The van der Waals surface area contributed by atoms with Crippen LogP contribution in [0.15, 0.2) is 18.2 Å². The van der Waals surface area contributed by atoms with Crippen LogP contribution in [0.4, 0.5) is 8.78 Å². The van der Waals surface area contributed by atoms with Gasteiger partial charge in [-0.05, 0) is 26.0 Å². The molecule has 0 radical (unpaired) electrons. The van der Waals surface area contributed by atoms with Gasteiger partial charge in [-0.1, -0.05) is 0 Å². The number of halogens is 2. The van der Waals surface area contributed by atoms with Crippen LogP contribution in [0.25, 0.3) is 5.69 Å². The second-order valence-corrected chi connectivity index (χ2v) is 4.23. The Morgan fingerprint density at radius 2 is 2.00 bits per heavy atom. The molecule has 100 valence electrons. The number of hydrogen-bond donors (Lipinski definition) is 1. The van der Waals surface area contributed by atoms with Crippen LogP contribution < -0.4 is 0 Å². The number of carboxylic acids is 1. The first-order valence-electron chi connectivity index (χ1n) is 5.62. The summed E-state index contributed by atoms with van der Waals surface area (Å²) >= 11 is 0. The fourth-order valence-corrected chi connectivity index (χ4v) is 1.95. The average Bonchev–Trinajstić information content (AvgIpc) is 2.60. The van der Waals surface area contributed by atoms with E-state index in [1.807, 2.05) is 0 Å². The molecule has 0 spiro atoms. The van der Waals surface area contributed by atoms with Gasteiger partial charge in [-0.25, -0.2) is 13.5 Å². The average molecular weight is 266 g/mol. The molecule has 0 aliphatic heterocycles. The molecule has 0 amide bonds. The van der Waals surface area contributed by atoms with Gasteiger partial charge in [0.1, 0.15) is 0 Å². The molecule has 2 aromatic rings. The van der Waals surface area contributed by atoms with Crippen LogP contribution in [0.1, 0.15) is 17.0 Å². The van der Waals surface area contributed by atoms with Crippen molar-refractivity contribution in [3.05, 3.63) is 46.8 Å². The highest BCUT2D eigenvalue weighted by atomic mass is 19.2. The van der Waals surface area contributed by atoms with Crippen LogP contribution in [0, 0.1) is 25.5 Å². The van der Waals surface area contributed by atoms with Crippen LogP contribution in [0.2, 0.25) is 0 Å². The molecule has 1 N–H and O–H groups in total. The molecule has 0 saturated heterocycles. The van der Waals surface area contributed by atoms with Crippen LogP contribution in [0.3, 0.4) is 0 Å². The van der Waals surface area contributed by atoms with Gasteiger partial charge in [0.05, 0.1) is 17.8 Å². The van der Waals surface area contributed by atoms with Crippen molar-refractivity contribution in [3.63, 3.8) is 0 Å². The number of nitrogens with zero attached hydrogens (tertiary/aromatic N) is 2. The first-order chi connectivity index (χ1) is 8.90. The molecule has 0 unspecified atom stereocenters. The molecule has 0 atom stereocenters. The predicted octanol–water partition coefficient (Wildman–Crippen LogP) is 2.39. The number of aliphatic carboxylic acids is 1. The largest absolute Gasteiger partial charge is 0.481 e. The molecule has 1 heterocycles. The smallest absolute Gasteiger partial charge is 0.307 e. The first-order valence-corrected chi connectivity index (χ1v) is 5.62. The number of carbonyl (C=O) groups is 1. The maximum atomic E-state index is 13.2. The van der Waals surface area contributed by atoms with Gasteiger partial charge in [-0.2, -0.15) is 5.10 Å². The number of benzene rings is 1. The molecule has 1 aromatic carbocycles. The topological polar surface area (TPSA) is 55.1 Å². The van der Waals surface area contributed by atoms with Gasteiger partial charge in [0.25, 0.3) is 0 Å². The van der Waals surface area contributed by atoms with Crippen molar-refractivity contribution in [1.82, 2.24) is 9.78 Å². The second-order valence-electron chi connectivity index (χ2n) is 4.23. The number of aromatic nitrogens is 2. The Kier molecular flexibility index (Phi) is 3.33. The lowest BCUT2D eigenvalue weighted by atomic mass is 10.1. The van der Waals surface area contributed by atoms with E-state index in [2.05, 4.69) is 5.10 Å². The van der Waals surface area contributed by atoms with Gasteiger partial charge in [0, 0.05) is 17.3 Å². The van der Waals surface area contributed by atoms with E-state index in [4.69, 9.17) is 5.11 Å². The van der Waals surface area contributed by atoms with E-state index < -0.39 is 17.6 Å². The molecule has 2 rings (SSSR count). The minimum absolute atomic E-state index is 0.151. The molecule has 19 heavy (non-hydrogen) atoms. The normalized spacial score (nSPS) is 10.7. The Labute approximate surface area is 108 Å². The van der Waals surface area contributed by atoms with E-state index in [9.17, 15) is 13.6 Å². The summed E-state index contributed by atoms with van der Waals surface area (Å²) in [7, 11) is 0. The molecule has 0 aliphatic rings. The summed E-state index contributed by atoms with van der Waals surface area (Å²) in [5, 5.41) is 13.0. The second kappa shape index (κ2) is 4.79. The number of hydrogen-bond acceptors (Lipinski definition) is 2. The Morgan fingerprint density at radius 1 is 1.32 bits per heavy atom. The molecule has 4 nitrogen and oxygen atoms in total. The minimum atomic E-state index is -0.968. The Balaban J connectivity index is 2.51. The maximum Gasteiger partial charge on any atom is 0.307 e. The third-order valence-electron chi connectivity index (χ3n) is 2.92. The number of rotatable bonds is 3. The summed E-state index contributed by atoms with van der Waals surface area (Å²) in [6.45, 7) is 3.38. The lowest BCUT2D eigenvalue weighted by Gasteiger charge is -2.05. The number of aryl methyl sites for hydroxylation is 1. The zero-order valence-corrected chi connectivity index (χ0v) is 10.4. The fraction of sp³-hybridized carbons (Fsp3) is 0.231. The highest BCUT2D eigenvalue weighted by molar-refractivity contribution is 5.71. The van der Waals surface area contributed by atoms with E-state index >= 15 is 0 Å². The van der Waals surface area contributed by atoms with Gasteiger partial charge in [0.15, 0.2) is 11.6 Å². The first kappa shape index (κ1) is 13.2. The van der Waals surface area contributed by atoms with Crippen molar-refractivity contribution in [2.45, 2.75) is 20.3 Å². The van der Waals surface area contributed by atoms with Crippen LogP contribution in [-0.4, -0.2) is 20.9 Å². The number of carboxylic acid groups (broad SMARTS) is 1. The standard InChI is InChI=1S/C13H12F2N2O2/c1-7-10(6-13(18)19)8(2)17(16-7)9-3-4-11(14)12(15)5-9/h3-5H,6H2,1-2H3,(H,18,19). The highest BCUT2D eigenvalue weighted by Gasteiger charge is 2.16. The SMILES string of the molecule is Cc1nn(-c2ccc(F)c(F)c2)c(C)c1CC(=O)O. The van der Waals surface area contributed by atoms with E-state index in [0.29, 0.717) is 22.6 Å². The zero-order valence-electron chi connectivity index (χ0n) is 10.4. The third kappa shape index (κ3) is 2.47. The van der Waals surface area contributed by atoms with Crippen molar-refractivity contribution in [2.24, 2.45) is 0 Å². The molecule has 0 saturated carbocycles. The summed E-state index contributed by atoms with van der Waals surface area (Å²) in [4.78, 5) is 10.8. The minimum Gasteiger partial charge on any atom is -0.481 e. The zero-order chi connectivity index (χ0) is 14.2. The molecular formula is C13H12F2N2O2. The quantitative estimate of drug-likeness (QED) is 0.928. The molecule has 0 bridgehead atoms. The highest BCUT2D eigenvalue weighted by Crippen LogP contribution is 2.20. The van der Waals surface area contributed by atoms with E-state index in [1.165, 1.54) is 10.7 Å². The van der Waals surface area contributed by atoms with Gasteiger partial charge < -0.3 is 5.11 Å². The molecule has 6 heteroatoms. The Morgan fingerprint density at radius 3 is 2.58 bits per heavy atom. The molecule has 0 fully saturated rings. The molecular weight excluding hydrogens is 254 g/mol. The van der Waals surface area contributed by atoms with Crippen molar-refractivity contribution < 1.29 is 18.7 Å². The van der Waals surface area contributed by atoms with Crippen molar-refractivity contribution in [2.75, 3.05) is 0 Å². The van der Waals surface area contributed by atoms with Gasteiger partial charge in [-0.15, -0.1) is 0 Å². The van der Waals surface area contributed by atoms with Crippen LogP contribution >= 0.6 is 0 Å². The van der Waals surface area contributed by atoms with Crippen LogP contribution in [-0.2, 0) is 11.2 Å². The summed E-state index contributed by atoms with van der Waals surface area (Å²) in [5.41, 5.74) is 2.10. The molecule has 1 aromatic heterocycles. The predicted molar refractivity (Wildman–Crippen MR) is 64.3 cm³/mol. The summed E-state index contributed by atoms with van der Waals surface area (Å²) < 4.78 is 27.5. The lowest BCUT2D eigenvalue weighted by molar-refractivity contribution is -0.136. The lowest BCUT2D eigenvalue weighted by Crippen LogP contribution is -2.04. The summed E-state index contributed by atoms with van der Waals surface area (Å²) in [5.74, 6) is -2.86. The van der Waals surface area contributed by atoms with Crippen molar-refractivity contribution >= 4 is 5.97 Å². The fourth-order valence-electron chi connectivity index (χ4n) is 1.95. The van der Waals surface area contributed by atoms with Gasteiger partial charge >= 0.3 is 5.97 Å². The monoisotopic (exact) mass is 266 g/mol. The van der Waals surface area contributed by atoms with E-state index in [1.54, 1.807) is 13.8 Å². The van der Waals surface area contributed by atoms with Gasteiger partial charge in [0.2, 0.25) is 0 Å². The third-order valence-corrected chi connectivity index (χ3v) is 2.92. The Bertz CT molecular complexity index is 650. The van der Waals surface area contributed by atoms with Crippen molar-refractivity contribution in [1.29, 1.82) is 0 Å². The van der Waals surface area contributed by atoms with Crippen LogP contribution in [0.5, 0.6) is 0 Å². The molecule has 0 aliphatic carbocycles. The van der Waals surface area contributed by atoms with Crippen molar-refractivity contribution in [3.8, 4) is 5.69 Å². The summed E-state index contributed by atoms with van der Waals surface area (Å²) in [6.07, 6.45) is -0.151. The maximum absolute atomic E-state index is 13.2. The van der Waals surface area contributed by atoms with E-state index in [0.717, 1.165) is 12.1 Å². The van der Waals surface area contributed by atoms with Gasteiger partial charge in [-0.3, -0.25) is 4.79 Å². The van der Waals surface area contributed by atoms with E-state index in [-0.39, 0.29) is 6.42 Å².